The number of ether oxygens (including phenoxy) is 1. The molecular formula is C19H19NO2. The number of carbonyl (C=O) groups is 1. The zero-order chi connectivity index (χ0) is 15.4. The molecule has 1 amide bonds. The van der Waals surface area contributed by atoms with E-state index in [1.807, 2.05) is 48.5 Å². The number of para-hydroxylation sites is 1. The monoisotopic (exact) mass is 293 g/mol. The van der Waals surface area contributed by atoms with Crippen LogP contribution >= 0.6 is 0 Å². The Labute approximate surface area is 130 Å². The van der Waals surface area contributed by atoms with Crippen molar-refractivity contribution in [2.75, 3.05) is 13.2 Å². The van der Waals surface area contributed by atoms with Gasteiger partial charge in [-0.05, 0) is 23.6 Å². The molecule has 1 atom stereocenters. The fourth-order valence-electron chi connectivity index (χ4n) is 2.51. The van der Waals surface area contributed by atoms with Crippen molar-refractivity contribution in [3.8, 4) is 5.75 Å². The lowest BCUT2D eigenvalue weighted by Gasteiger charge is -2.18. The molecule has 1 aliphatic heterocycles. The van der Waals surface area contributed by atoms with E-state index in [0.717, 1.165) is 11.3 Å². The van der Waals surface area contributed by atoms with Crippen molar-refractivity contribution in [1.82, 2.24) is 5.32 Å². The van der Waals surface area contributed by atoms with E-state index < -0.39 is 0 Å². The van der Waals surface area contributed by atoms with Crippen LogP contribution in [0.1, 0.15) is 24.0 Å². The first-order valence-electron chi connectivity index (χ1n) is 7.49. The first kappa shape index (κ1) is 14.4. The maximum Gasteiger partial charge on any atom is 0.250 e. The van der Waals surface area contributed by atoms with Crippen LogP contribution in [0.5, 0.6) is 5.75 Å². The van der Waals surface area contributed by atoms with Gasteiger partial charge in [0.25, 0.3) is 5.91 Å². The van der Waals surface area contributed by atoms with Gasteiger partial charge in [0.2, 0.25) is 0 Å². The van der Waals surface area contributed by atoms with E-state index in [1.165, 1.54) is 5.56 Å². The van der Waals surface area contributed by atoms with Crippen LogP contribution in [0.2, 0.25) is 0 Å². The van der Waals surface area contributed by atoms with Gasteiger partial charge in [-0.2, -0.15) is 0 Å². The van der Waals surface area contributed by atoms with E-state index in [-0.39, 0.29) is 11.8 Å². The average Bonchev–Trinajstić information content (AvgIpc) is 2.59. The Balaban J connectivity index is 1.62. The number of carbonyl (C=O) groups excluding carboxylic acids is 1. The summed E-state index contributed by atoms with van der Waals surface area (Å²) in [7, 11) is 0. The zero-order valence-corrected chi connectivity index (χ0v) is 12.6. The lowest BCUT2D eigenvalue weighted by atomic mass is 10.0. The molecule has 1 N–H and O–H groups in total. The summed E-state index contributed by atoms with van der Waals surface area (Å²) in [5.74, 6) is 1.05. The summed E-state index contributed by atoms with van der Waals surface area (Å²) in [6.45, 7) is 3.04. The molecule has 0 bridgehead atoms. The van der Waals surface area contributed by atoms with Gasteiger partial charge in [0, 0.05) is 12.1 Å². The van der Waals surface area contributed by atoms with Gasteiger partial charge in [-0.15, -0.1) is 0 Å². The van der Waals surface area contributed by atoms with E-state index >= 15 is 0 Å². The number of hydrogen-bond acceptors (Lipinski definition) is 2. The second-order valence-corrected chi connectivity index (χ2v) is 5.52. The van der Waals surface area contributed by atoms with Gasteiger partial charge in [0.15, 0.2) is 0 Å². The SMILES string of the molecule is C[C@@H](CNC(=O)C1=Cc2ccccc2OC1)c1ccccc1. The number of nitrogens with one attached hydrogen (secondary N) is 1. The van der Waals surface area contributed by atoms with Crippen molar-refractivity contribution in [1.29, 1.82) is 0 Å². The predicted molar refractivity (Wildman–Crippen MR) is 87.8 cm³/mol. The summed E-state index contributed by atoms with van der Waals surface area (Å²) < 4.78 is 5.62. The summed E-state index contributed by atoms with van der Waals surface area (Å²) in [4.78, 5) is 12.3. The molecule has 112 valence electrons. The van der Waals surface area contributed by atoms with E-state index in [9.17, 15) is 4.79 Å². The number of hydrogen-bond donors (Lipinski definition) is 1. The second kappa shape index (κ2) is 6.48. The standard InChI is InChI=1S/C19H19NO2/c1-14(15-7-3-2-4-8-15)12-20-19(21)17-11-16-9-5-6-10-18(16)22-13-17/h2-11,14H,12-13H2,1H3,(H,20,21)/t14-/m0/s1. The molecule has 0 aromatic heterocycles. The van der Waals surface area contributed by atoms with Crippen molar-refractivity contribution in [3.63, 3.8) is 0 Å². The molecule has 22 heavy (non-hydrogen) atoms. The molecule has 0 spiro atoms. The third-order valence-corrected chi connectivity index (χ3v) is 3.86. The molecule has 1 aliphatic rings. The number of benzene rings is 2. The number of rotatable bonds is 4. The summed E-state index contributed by atoms with van der Waals surface area (Å²) in [6.07, 6.45) is 1.90. The van der Waals surface area contributed by atoms with Crippen LogP contribution in [-0.2, 0) is 4.79 Å². The largest absolute Gasteiger partial charge is 0.488 e. The third kappa shape index (κ3) is 3.19. The molecule has 0 unspecified atom stereocenters. The van der Waals surface area contributed by atoms with Gasteiger partial charge < -0.3 is 10.1 Å². The Bertz CT molecular complexity index is 692. The first-order chi connectivity index (χ1) is 10.7. The van der Waals surface area contributed by atoms with Gasteiger partial charge in [-0.3, -0.25) is 4.79 Å². The highest BCUT2D eigenvalue weighted by atomic mass is 16.5. The van der Waals surface area contributed by atoms with Gasteiger partial charge >= 0.3 is 0 Å². The Morgan fingerprint density at radius 2 is 1.86 bits per heavy atom. The maximum atomic E-state index is 12.3. The molecule has 2 aromatic carbocycles. The topological polar surface area (TPSA) is 38.3 Å². The predicted octanol–water partition coefficient (Wildman–Crippen LogP) is 3.38. The molecule has 0 fully saturated rings. The van der Waals surface area contributed by atoms with E-state index in [2.05, 4.69) is 24.4 Å². The molecule has 1 heterocycles. The molecule has 2 aromatic rings. The molecule has 3 nitrogen and oxygen atoms in total. The van der Waals surface area contributed by atoms with E-state index in [0.29, 0.717) is 18.7 Å². The van der Waals surface area contributed by atoms with E-state index in [4.69, 9.17) is 4.74 Å². The van der Waals surface area contributed by atoms with E-state index in [1.54, 1.807) is 0 Å². The molecule has 0 saturated heterocycles. The average molecular weight is 293 g/mol. The molecule has 0 aliphatic carbocycles. The minimum Gasteiger partial charge on any atom is -0.488 e. The summed E-state index contributed by atoms with van der Waals surface area (Å²) in [6, 6.07) is 17.9. The maximum absolute atomic E-state index is 12.3. The van der Waals surface area contributed by atoms with Gasteiger partial charge in [-0.1, -0.05) is 55.5 Å². The van der Waals surface area contributed by atoms with Gasteiger partial charge in [0.1, 0.15) is 12.4 Å². The zero-order valence-electron chi connectivity index (χ0n) is 12.6. The highest BCUT2D eigenvalue weighted by molar-refractivity contribution is 5.99. The highest BCUT2D eigenvalue weighted by Gasteiger charge is 2.17. The number of fused-ring (bicyclic) bond motifs is 1. The summed E-state index contributed by atoms with van der Waals surface area (Å²) in [5, 5.41) is 2.99. The van der Waals surface area contributed by atoms with Crippen LogP contribution in [0.15, 0.2) is 60.2 Å². The Kier molecular flexibility index (Phi) is 4.24. The minimum atomic E-state index is -0.0581. The van der Waals surface area contributed by atoms with Crippen LogP contribution in [0, 0.1) is 0 Å². The smallest absolute Gasteiger partial charge is 0.250 e. The fourth-order valence-corrected chi connectivity index (χ4v) is 2.51. The molecule has 3 rings (SSSR count). The highest BCUT2D eigenvalue weighted by Crippen LogP contribution is 2.25. The normalized spacial score (nSPS) is 14.3. The fraction of sp³-hybridized carbons (Fsp3) is 0.211. The Morgan fingerprint density at radius 1 is 1.14 bits per heavy atom. The van der Waals surface area contributed by atoms with Crippen LogP contribution in [0.3, 0.4) is 0 Å². The Morgan fingerprint density at radius 3 is 2.68 bits per heavy atom. The van der Waals surface area contributed by atoms with Gasteiger partial charge in [-0.25, -0.2) is 0 Å². The minimum absolute atomic E-state index is 0.0581. The third-order valence-electron chi connectivity index (χ3n) is 3.86. The lowest BCUT2D eigenvalue weighted by Crippen LogP contribution is -2.31. The first-order valence-corrected chi connectivity index (χ1v) is 7.49. The quantitative estimate of drug-likeness (QED) is 0.938. The Hall–Kier alpha value is -2.55. The summed E-state index contributed by atoms with van der Waals surface area (Å²) in [5.41, 5.74) is 2.84. The lowest BCUT2D eigenvalue weighted by molar-refractivity contribution is -0.117. The number of amides is 1. The summed E-state index contributed by atoms with van der Waals surface area (Å²) >= 11 is 0. The van der Waals surface area contributed by atoms with Crippen LogP contribution in [0.25, 0.3) is 6.08 Å². The molecular weight excluding hydrogens is 274 g/mol. The van der Waals surface area contributed by atoms with Crippen molar-refractivity contribution < 1.29 is 9.53 Å². The van der Waals surface area contributed by atoms with Crippen LogP contribution < -0.4 is 10.1 Å². The van der Waals surface area contributed by atoms with Crippen molar-refractivity contribution >= 4 is 12.0 Å². The van der Waals surface area contributed by atoms with Crippen LogP contribution in [0.4, 0.5) is 0 Å². The molecule has 0 saturated carbocycles. The molecule has 0 radical (unpaired) electrons. The van der Waals surface area contributed by atoms with Gasteiger partial charge in [0.05, 0.1) is 5.57 Å². The van der Waals surface area contributed by atoms with Crippen molar-refractivity contribution in [2.45, 2.75) is 12.8 Å². The van der Waals surface area contributed by atoms with Crippen molar-refractivity contribution in [2.24, 2.45) is 0 Å². The molecule has 3 heteroatoms. The van der Waals surface area contributed by atoms with Crippen LogP contribution in [-0.4, -0.2) is 19.1 Å². The second-order valence-electron chi connectivity index (χ2n) is 5.52. The van der Waals surface area contributed by atoms with Crippen molar-refractivity contribution in [3.05, 3.63) is 71.3 Å².